The first kappa shape index (κ1) is 19.6. The van der Waals surface area contributed by atoms with Crippen molar-refractivity contribution in [1.82, 2.24) is 9.46 Å². The number of hydrogen-bond acceptors (Lipinski definition) is 5. The summed E-state index contributed by atoms with van der Waals surface area (Å²) in [7, 11) is -3.65. The molecule has 0 aliphatic rings. The normalized spacial score (nSPS) is 11.5. The maximum Gasteiger partial charge on any atom is 0.248 e. The van der Waals surface area contributed by atoms with E-state index in [1.165, 1.54) is 4.31 Å². The van der Waals surface area contributed by atoms with Crippen LogP contribution in [0.1, 0.15) is 17.0 Å². The predicted octanol–water partition coefficient (Wildman–Crippen LogP) is 1.91. The van der Waals surface area contributed by atoms with Gasteiger partial charge >= 0.3 is 0 Å². The van der Waals surface area contributed by atoms with E-state index in [1.54, 1.807) is 13.8 Å². The molecule has 0 fully saturated rings. The molecular weight excluding hydrogens is 338 g/mol. The molecule has 1 aromatic carbocycles. The largest absolute Gasteiger partial charge is 0.360 e. The molecule has 0 atom stereocenters. The number of nitrogens with two attached hydrogens (primary N) is 1. The van der Waals surface area contributed by atoms with Crippen molar-refractivity contribution in [1.29, 1.82) is 0 Å². The molecule has 0 amide bonds. The van der Waals surface area contributed by atoms with E-state index in [0.29, 0.717) is 24.4 Å². The van der Waals surface area contributed by atoms with Gasteiger partial charge in [0.25, 0.3) is 0 Å². The minimum atomic E-state index is -3.65. The van der Waals surface area contributed by atoms with Gasteiger partial charge in [-0.3, -0.25) is 0 Å². The number of aryl methyl sites for hydroxylation is 2. The van der Waals surface area contributed by atoms with Crippen LogP contribution in [-0.2, 0) is 16.4 Å². The number of rotatable bonds is 7. The maximum absolute atomic E-state index is 12.8. The Bertz CT molecular complexity index is 697. The minimum absolute atomic E-state index is 0. The van der Waals surface area contributed by atoms with E-state index in [-0.39, 0.29) is 30.4 Å². The predicted molar refractivity (Wildman–Crippen MR) is 91.2 cm³/mol. The molecule has 8 heteroatoms. The Labute approximate surface area is 143 Å². The van der Waals surface area contributed by atoms with Crippen molar-refractivity contribution in [3.05, 3.63) is 47.3 Å². The van der Waals surface area contributed by atoms with Gasteiger partial charge in [0.2, 0.25) is 10.0 Å². The van der Waals surface area contributed by atoms with Gasteiger partial charge in [-0.25, -0.2) is 8.42 Å². The summed E-state index contributed by atoms with van der Waals surface area (Å²) in [4.78, 5) is 0.147. The van der Waals surface area contributed by atoms with Gasteiger partial charge in [-0.1, -0.05) is 35.5 Å². The van der Waals surface area contributed by atoms with Gasteiger partial charge in [0.05, 0.1) is 0 Å². The Morgan fingerprint density at radius 1 is 1.17 bits per heavy atom. The zero-order chi connectivity index (χ0) is 16.2. The van der Waals surface area contributed by atoms with E-state index in [0.717, 1.165) is 5.56 Å². The zero-order valence-electron chi connectivity index (χ0n) is 13.2. The van der Waals surface area contributed by atoms with Gasteiger partial charge < -0.3 is 10.3 Å². The van der Waals surface area contributed by atoms with Crippen LogP contribution in [0.3, 0.4) is 0 Å². The van der Waals surface area contributed by atoms with Crippen molar-refractivity contribution >= 4 is 22.4 Å². The Balaban J connectivity index is 0.00000264. The van der Waals surface area contributed by atoms with Gasteiger partial charge in [-0.05, 0) is 25.8 Å². The average Bonchev–Trinajstić information content (AvgIpc) is 2.84. The topological polar surface area (TPSA) is 89.4 Å². The summed E-state index contributed by atoms with van der Waals surface area (Å²) in [5, 5.41) is 3.73. The molecule has 0 unspecified atom stereocenters. The summed E-state index contributed by atoms with van der Waals surface area (Å²) < 4.78 is 32.0. The second-order valence-corrected chi connectivity index (χ2v) is 6.96. The molecule has 128 valence electrons. The average molecular weight is 360 g/mol. The molecule has 6 nitrogen and oxygen atoms in total. The molecule has 0 saturated carbocycles. The van der Waals surface area contributed by atoms with Gasteiger partial charge in [-0.2, -0.15) is 4.31 Å². The van der Waals surface area contributed by atoms with Gasteiger partial charge in [0.1, 0.15) is 10.6 Å². The Morgan fingerprint density at radius 2 is 1.83 bits per heavy atom. The fourth-order valence-corrected chi connectivity index (χ4v) is 4.11. The van der Waals surface area contributed by atoms with Crippen LogP contribution in [0.2, 0.25) is 0 Å². The molecular formula is C15H22ClN3O3S. The second kappa shape index (κ2) is 8.44. The van der Waals surface area contributed by atoms with Crippen LogP contribution in [0.5, 0.6) is 0 Å². The summed E-state index contributed by atoms with van der Waals surface area (Å²) in [5.41, 5.74) is 7.04. The van der Waals surface area contributed by atoms with Crippen molar-refractivity contribution in [2.24, 2.45) is 5.73 Å². The van der Waals surface area contributed by atoms with Crippen LogP contribution in [-0.4, -0.2) is 37.5 Å². The fraction of sp³-hybridized carbons (Fsp3) is 0.400. The first-order valence-corrected chi connectivity index (χ1v) is 8.58. The van der Waals surface area contributed by atoms with Crippen molar-refractivity contribution in [2.75, 3.05) is 19.6 Å². The highest BCUT2D eigenvalue weighted by Gasteiger charge is 2.30. The molecule has 0 bridgehead atoms. The highest BCUT2D eigenvalue weighted by Crippen LogP contribution is 2.23. The lowest BCUT2D eigenvalue weighted by molar-refractivity contribution is 0.388. The van der Waals surface area contributed by atoms with E-state index < -0.39 is 10.0 Å². The number of nitrogens with zero attached hydrogens (tertiary/aromatic N) is 2. The molecule has 2 aromatic rings. The van der Waals surface area contributed by atoms with Crippen molar-refractivity contribution < 1.29 is 12.9 Å². The van der Waals surface area contributed by atoms with Crippen molar-refractivity contribution in [3.63, 3.8) is 0 Å². The lowest BCUT2D eigenvalue weighted by Gasteiger charge is -2.21. The molecule has 0 radical (unpaired) electrons. The lowest BCUT2D eigenvalue weighted by Crippen LogP contribution is -2.37. The van der Waals surface area contributed by atoms with Crippen molar-refractivity contribution in [3.8, 4) is 0 Å². The maximum atomic E-state index is 12.8. The van der Waals surface area contributed by atoms with Gasteiger partial charge in [0, 0.05) is 19.6 Å². The summed E-state index contributed by atoms with van der Waals surface area (Å²) in [5.74, 6) is 0.305. The van der Waals surface area contributed by atoms with Crippen LogP contribution in [0, 0.1) is 13.8 Å². The van der Waals surface area contributed by atoms with Crippen LogP contribution in [0.15, 0.2) is 39.8 Å². The Hall–Kier alpha value is -1.41. The summed E-state index contributed by atoms with van der Waals surface area (Å²) in [6, 6.07) is 9.75. The number of benzene rings is 1. The number of sulfonamides is 1. The summed E-state index contributed by atoms with van der Waals surface area (Å²) in [6.45, 7) is 4.12. The van der Waals surface area contributed by atoms with Crippen LogP contribution < -0.4 is 5.73 Å². The Kier molecular flexibility index (Phi) is 7.21. The molecule has 2 rings (SSSR count). The fourth-order valence-electron chi connectivity index (χ4n) is 2.37. The summed E-state index contributed by atoms with van der Waals surface area (Å²) in [6.07, 6.45) is 0.628. The third-order valence-electron chi connectivity index (χ3n) is 3.44. The van der Waals surface area contributed by atoms with E-state index >= 15 is 0 Å². The monoisotopic (exact) mass is 359 g/mol. The minimum Gasteiger partial charge on any atom is -0.360 e. The molecule has 0 saturated heterocycles. The third kappa shape index (κ3) is 4.54. The third-order valence-corrected chi connectivity index (χ3v) is 5.58. The second-order valence-electron chi connectivity index (χ2n) is 5.08. The molecule has 23 heavy (non-hydrogen) atoms. The van der Waals surface area contributed by atoms with Gasteiger partial charge in [-0.15, -0.1) is 12.4 Å². The van der Waals surface area contributed by atoms with E-state index in [9.17, 15) is 8.42 Å². The smallest absolute Gasteiger partial charge is 0.248 e. The first-order valence-electron chi connectivity index (χ1n) is 7.14. The number of halogens is 1. The zero-order valence-corrected chi connectivity index (χ0v) is 14.9. The Morgan fingerprint density at radius 3 is 2.35 bits per heavy atom. The molecule has 1 heterocycles. The molecule has 0 aliphatic heterocycles. The van der Waals surface area contributed by atoms with Crippen LogP contribution in [0.25, 0.3) is 0 Å². The van der Waals surface area contributed by atoms with Crippen LogP contribution in [0.4, 0.5) is 0 Å². The molecule has 2 N–H and O–H groups in total. The lowest BCUT2D eigenvalue weighted by atomic mass is 10.1. The molecule has 0 spiro atoms. The standard InChI is InChI=1S/C15H21N3O3S.ClH/c1-12-15(13(2)21-17-12)22(19,20)18(11-9-16)10-8-14-6-4-3-5-7-14;/h3-7H,8-11,16H2,1-2H3;1H. The number of aromatic nitrogens is 1. The SMILES string of the molecule is Cc1noc(C)c1S(=O)(=O)N(CCN)CCc1ccccc1.Cl. The number of hydrogen-bond donors (Lipinski definition) is 1. The quantitative estimate of drug-likeness (QED) is 0.815. The van der Waals surface area contributed by atoms with Crippen molar-refractivity contribution in [2.45, 2.75) is 25.2 Å². The van der Waals surface area contributed by atoms with Gasteiger partial charge in [0.15, 0.2) is 5.76 Å². The highest BCUT2D eigenvalue weighted by atomic mass is 35.5. The molecule has 1 aromatic heterocycles. The molecule has 0 aliphatic carbocycles. The van der Waals surface area contributed by atoms with E-state index in [4.69, 9.17) is 10.3 Å². The van der Waals surface area contributed by atoms with Crippen LogP contribution >= 0.6 is 12.4 Å². The van der Waals surface area contributed by atoms with E-state index in [2.05, 4.69) is 5.16 Å². The highest BCUT2D eigenvalue weighted by molar-refractivity contribution is 7.89. The summed E-state index contributed by atoms with van der Waals surface area (Å²) >= 11 is 0. The van der Waals surface area contributed by atoms with E-state index in [1.807, 2.05) is 30.3 Å². The first-order chi connectivity index (χ1) is 10.5.